The molecule has 2 aromatic carbocycles. The van der Waals surface area contributed by atoms with Gasteiger partial charge in [0.15, 0.2) is 0 Å². The fourth-order valence-corrected chi connectivity index (χ4v) is 4.28. The Morgan fingerprint density at radius 1 is 1.14 bits per heavy atom. The molecule has 2 heterocycles. The van der Waals surface area contributed by atoms with Gasteiger partial charge in [0.1, 0.15) is 12.4 Å². The zero-order valence-electron chi connectivity index (χ0n) is 16.0. The summed E-state index contributed by atoms with van der Waals surface area (Å²) in [5.74, 6) is 0.555. The molecule has 0 bridgehead atoms. The molecule has 0 radical (unpaired) electrons. The number of rotatable bonds is 6. The van der Waals surface area contributed by atoms with Gasteiger partial charge in [0.2, 0.25) is 5.91 Å². The van der Waals surface area contributed by atoms with Crippen LogP contribution in [0.15, 0.2) is 53.9 Å². The summed E-state index contributed by atoms with van der Waals surface area (Å²) in [6, 6.07) is 13.3. The third-order valence-electron chi connectivity index (χ3n) is 4.10. The molecule has 0 spiro atoms. The van der Waals surface area contributed by atoms with Gasteiger partial charge >= 0.3 is 0 Å². The fraction of sp³-hybridized carbons (Fsp3) is 0.136. The largest absolute Gasteiger partial charge is 0.487 e. The minimum Gasteiger partial charge on any atom is -0.487 e. The second-order valence-corrected chi connectivity index (χ2v) is 8.75. The molecule has 0 unspecified atom stereocenters. The van der Waals surface area contributed by atoms with Crippen molar-refractivity contribution in [2.75, 3.05) is 5.32 Å². The molecular weight excluding hydrogens is 402 g/mol. The van der Waals surface area contributed by atoms with Crippen molar-refractivity contribution < 1.29 is 9.53 Å². The Hall–Kier alpha value is -3.03. The smallest absolute Gasteiger partial charge is 0.248 e. The van der Waals surface area contributed by atoms with E-state index in [1.807, 2.05) is 61.7 Å². The van der Waals surface area contributed by atoms with E-state index in [4.69, 9.17) is 4.74 Å². The maximum atomic E-state index is 12.3. The van der Waals surface area contributed by atoms with E-state index in [9.17, 15) is 4.79 Å². The highest BCUT2D eigenvalue weighted by Gasteiger charge is 2.04. The number of thiazole rings is 2. The molecule has 146 valence electrons. The highest BCUT2D eigenvalue weighted by Crippen LogP contribution is 2.25. The molecule has 0 aliphatic carbocycles. The van der Waals surface area contributed by atoms with Crippen LogP contribution in [0, 0.1) is 13.8 Å². The summed E-state index contributed by atoms with van der Waals surface area (Å²) in [6.07, 6.45) is 3.29. The predicted octanol–water partition coefficient (Wildman–Crippen LogP) is 5.60. The zero-order valence-corrected chi connectivity index (χ0v) is 17.6. The average Bonchev–Trinajstić information content (AvgIpc) is 3.29. The van der Waals surface area contributed by atoms with Gasteiger partial charge in [0.25, 0.3) is 0 Å². The number of hydrogen-bond donors (Lipinski definition) is 1. The number of nitrogens with zero attached hydrogens (tertiary/aromatic N) is 2. The molecular formula is C22H19N3O2S2. The van der Waals surface area contributed by atoms with Crippen LogP contribution in [0.3, 0.4) is 0 Å². The maximum Gasteiger partial charge on any atom is 0.248 e. The maximum absolute atomic E-state index is 12.3. The first-order valence-electron chi connectivity index (χ1n) is 9.05. The quantitative estimate of drug-likeness (QED) is 0.412. The number of hydrogen-bond acceptors (Lipinski definition) is 6. The van der Waals surface area contributed by atoms with Gasteiger partial charge in [0, 0.05) is 17.1 Å². The van der Waals surface area contributed by atoms with Crippen molar-refractivity contribution in [1.82, 2.24) is 9.97 Å². The van der Waals surface area contributed by atoms with E-state index in [0.717, 1.165) is 42.9 Å². The second kappa shape index (κ2) is 8.55. The highest BCUT2D eigenvalue weighted by atomic mass is 32.1. The Balaban J connectivity index is 1.37. The molecule has 4 rings (SSSR count). The second-order valence-electron chi connectivity index (χ2n) is 6.46. The van der Waals surface area contributed by atoms with Gasteiger partial charge in [0.05, 0.1) is 25.9 Å². The molecule has 7 heteroatoms. The van der Waals surface area contributed by atoms with Crippen molar-refractivity contribution in [2.24, 2.45) is 0 Å². The van der Waals surface area contributed by atoms with Crippen LogP contribution >= 0.6 is 22.7 Å². The Morgan fingerprint density at radius 2 is 2.03 bits per heavy atom. The lowest BCUT2D eigenvalue weighted by molar-refractivity contribution is -0.111. The van der Waals surface area contributed by atoms with E-state index in [0.29, 0.717) is 6.61 Å². The van der Waals surface area contributed by atoms with Crippen LogP contribution in [0.4, 0.5) is 5.69 Å². The molecule has 1 N–H and O–H groups in total. The van der Waals surface area contributed by atoms with E-state index in [-0.39, 0.29) is 5.91 Å². The summed E-state index contributed by atoms with van der Waals surface area (Å²) in [4.78, 5) is 21.1. The lowest BCUT2D eigenvalue weighted by atomic mass is 10.2. The number of fused-ring (bicyclic) bond motifs is 1. The first-order chi connectivity index (χ1) is 14.0. The number of carbonyl (C=O) groups is 1. The molecule has 29 heavy (non-hydrogen) atoms. The Labute approximate surface area is 176 Å². The molecule has 1 amide bonds. The number of anilines is 1. The van der Waals surface area contributed by atoms with Gasteiger partial charge in [-0.1, -0.05) is 12.1 Å². The fourth-order valence-electron chi connectivity index (χ4n) is 2.81. The van der Waals surface area contributed by atoms with Crippen molar-refractivity contribution in [1.29, 1.82) is 0 Å². The normalized spacial score (nSPS) is 11.2. The summed E-state index contributed by atoms with van der Waals surface area (Å²) < 4.78 is 6.86. The van der Waals surface area contributed by atoms with Gasteiger partial charge in [-0.05, 0) is 55.8 Å². The number of aromatic nitrogens is 2. The van der Waals surface area contributed by atoms with E-state index < -0.39 is 0 Å². The van der Waals surface area contributed by atoms with Gasteiger partial charge in [-0.3, -0.25) is 4.79 Å². The summed E-state index contributed by atoms with van der Waals surface area (Å²) in [6.45, 7) is 4.37. The Kier molecular flexibility index (Phi) is 5.69. The summed E-state index contributed by atoms with van der Waals surface area (Å²) >= 11 is 3.22. The summed E-state index contributed by atoms with van der Waals surface area (Å²) in [7, 11) is 0. The Bertz CT molecular complexity index is 1190. The standard InChI is InChI=1S/C22H19N3O2S2/c1-14-23-18(13-28-14)12-27-19-5-3-4-16(10-19)6-9-22(26)25-17-7-8-20-21(11-17)29-15(2)24-20/h3-11,13H,12H2,1-2H3,(H,25,26)/b9-6+. The van der Waals surface area contributed by atoms with E-state index >= 15 is 0 Å². The summed E-state index contributed by atoms with van der Waals surface area (Å²) in [5, 5.41) is 6.92. The van der Waals surface area contributed by atoms with Crippen LogP contribution < -0.4 is 10.1 Å². The number of carbonyl (C=O) groups excluding carboxylic acids is 1. The first kappa shape index (κ1) is 19.3. The number of amides is 1. The SMILES string of the molecule is Cc1nc(COc2cccc(/C=C/C(=O)Nc3ccc4nc(C)sc4c3)c2)cs1. The highest BCUT2D eigenvalue weighted by molar-refractivity contribution is 7.18. The van der Waals surface area contributed by atoms with Gasteiger partial charge < -0.3 is 10.1 Å². The number of aryl methyl sites for hydroxylation is 2. The summed E-state index contributed by atoms with van der Waals surface area (Å²) in [5.41, 5.74) is 3.51. The minimum atomic E-state index is -0.185. The Morgan fingerprint density at radius 3 is 2.86 bits per heavy atom. The monoisotopic (exact) mass is 421 g/mol. The van der Waals surface area contributed by atoms with Crippen LogP contribution in [0.2, 0.25) is 0 Å². The molecule has 0 aliphatic heterocycles. The lowest BCUT2D eigenvalue weighted by Gasteiger charge is -2.05. The average molecular weight is 422 g/mol. The molecule has 2 aromatic heterocycles. The van der Waals surface area contributed by atoms with Crippen molar-refractivity contribution in [3.8, 4) is 5.75 Å². The van der Waals surface area contributed by atoms with Crippen molar-refractivity contribution >= 4 is 50.6 Å². The van der Waals surface area contributed by atoms with Crippen molar-refractivity contribution in [3.63, 3.8) is 0 Å². The van der Waals surface area contributed by atoms with Gasteiger partial charge in [-0.2, -0.15) is 0 Å². The molecule has 0 saturated heterocycles. The molecule has 0 atom stereocenters. The number of nitrogens with one attached hydrogen (secondary N) is 1. The van der Waals surface area contributed by atoms with Crippen LogP contribution in [-0.4, -0.2) is 15.9 Å². The topological polar surface area (TPSA) is 64.1 Å². The third-order valence-corrected chi connectivity index (χ3v) is 5.86. The van der Waals surface area contributed by atoms with Crippen LogP contribution in [0.1, 0.15) is 21.3 Å². The number of benzene rings is 2. The molecule has 0 saturated carbocycles. The molecule has 4 aromatic rings. The van der Waals surface area contributed by atoms with E-state index in [1.165, 1.54) is 6.08 Å². The molecule has 0 fully saturated rings. The van der Waals surface area contributed by atoms with Crippen molar-refractivity contribution in [2.45, 2.75) is 20.5 Å². The van der Waals surface area contributed by atoms with Crippen LogP contribution in [0.5, 0.6) is 5.75 Å². The lowest BCUT2D eigenvalue weighted by Crippen LogP contribution is -2.07. The minimum absolute atomic E-state index is 0.185. The van der Waals surface area contributed by atoms with Gasteiger partial charge in [-0.15, -0.1) is 22.7 Å². The van der Waals surface area contributed by atoms with Gasteiger partial charge in [-0.25, -0.2) is 9.97 Å². The zero-order chi connectivity index (χ0) is 20.2. The first-order valence-corrected chi connectivity index (χ1v) is 10.7. The predicted molar refractivity (Wildman–Crippen MR) is 120 cm³/mol. The van der Waals surface area contributed by atoms with Crippen molar-refractivity contribution in [3.05, 3.63) is 75.2 Å². The van der Waals surface area contributed by atoms with Crippen LogP contribution in [0.25, 0.3) is 16.3 Å². The van der Waals surface area contributed by atoms with Crippen LogP contribution in [-0.2, 0) is 11.4 Å². The molecule has 5 nitrogen and oxygen atoms in total. The molecule has 0 aliphatic rings. The van der Waals surface area contributed by atoms with E-state index in [2.05, 4.69) is 15.3 Å². The third kappa shape index (κ3) is 5.07. The number of ether oxygens (including phenoxy) is 1. The van der Waals surface area contributed by atoms with E-state index in [1.54, 1.807) is 28.7 Å².